The first-order valence-corrected chi connectivity index (χ1v) is 9.23. The molecule has 5 nitrogen and oxygen atoms in total. The molecule has 3 aliphatic carbocycles. The molecular formula is C20H13Cl2NO4. The molecule has 0 saturated carbocycles. The van der Waals surface area contributed by atoms with Crippen molar-refractivity contribution in [3.8, 4) is 0 Å². The van der Waals surface area contributed by atoms with E-state index in [4.69, 9.17) is 28.3 Å². The quantitative estimate of drug-likeness (QED) is 0.619. The normalized spacial score (nSPS) is 32.9. The summed E-state index contributed by atoms with van der Waals surface area (Å²) in [5.41, 5.74) is 2.78. The average molecular weight is 402 g/mol. The van der Waals surface area contributed by atoms with Crippen LogP contribution in [0, 0.1) is 11.8 Å². The van der Waals surface area contributed by atoms with E-state index in [2.05, 4.69) is 0 Å². The molecular weight excluding hydrogens is 389 g/mol. The zero-order chi connectivity index (χ0) is 19.1. The highest BCUT2D eigenvalue weighted by atomic mass is 35.5. The molecule has 2 bridgehead atoms. The van der Waals surface area contributed by atoms with E-state index in [1.807, 2.05) is 48.5 Å². The van der Waals surface area contributed by atoms with Crippen molar-refractivity contribution in [2.24, 2.45) is 11.8 Å². The zero-order valence-corrected chi connectivity index (χ0v) is 15.4. The number of hydrogen-bond donors (Lipinski definition) is 1. The van der Waals surface area contributed by atoms with Crippen molar-refractivity contribution >= 4 is 41.0 Å². The third-order valence-corrected chi connectivity index (χ3v) is 7.25. The summed E-state index contributed by atoms with van der Waals surface area (Å²) in [4.78, 5) is 35.7. The second-order valence-electron chi connectivity index (χ2n) is 7.13. The molecule has 1 fully saturated rings. The van der Waals surface area contributed by atoms with Crippen molar-refractivity contribution in [2.45, 2.75) is 9.75 Å². The fourth-order valence-electron chi connectivity index (χ4n) is 5.02. The Bertz CT molecular complexity index is 928. The van der Waals surface area contributed by atoms with Crippen LogP contribution in [0.1, 0.15) is 22.3 Å². The van der Waals surface area contributed by atoms with Crippen LogP contribution in [0.4, 0.5) is 0 Å². The van der Waals surface area contributed by atoms with E-state index in [-0.39, 0.29) is 0 Å². The maximum atomic E-state index is 13.1. The Labute approximate surface area is 164 Å². The van der Waals surface area contributed by atoms with Crippen molar-refractivity contribution < 1.29 is 19.5 Å². The molecule has 7 heteroatoms. The van der Waals surface area contributed by atoms with Crippen molar-refractivity contribution in [1.82, 2.24) is 4.90 Å². The third kappa shape index (κ3) is 1.74. The van der Waals surface area contributed by atoms with E-state index < -0.39 is 45.9 Å². The van der Waals surface area contributed by atoms with Gasteiger partial charge in [-0.3, -0.25) is 19.3 Å². The Kier molecular flexibility index (Phi) is 3.18. The van der Waals surface area contributed by atoms with Gasteiger partial charge < -0.3 is 5.11 Å². The largest absolute Gasteiger partial charge is 0.480 e. The summed E-state index contributed by atoms with van der Waals surface area (Å²) in [6.07, 6.45) is 0. The van der Waals surface area contributed by atoms with Crippen molar-refractivity contribution in [2.75, 3.05) is 6.54 Å². The molecule has 2 amide bonds. The average Bonchev–Trinajstić information content (AvgIpc) is 2.91. The number of carbonyl (C=O) groups excluding carboxylic acids is 2. The summed E-state index contributed by atoms with van der Waals surface area (Å²) in [7, 11) is 0. The predicted octanol–water partition coefficient (Wildman–Crippen LogP) is 2.66. The topological polar surface area (TPSA) is 74.7 Å². The second-order valence-corrected chi connectivity index (χ2v) is 8.32. The summed E-state index contributed by atoms with van der Waals surface area (Å²) in [5, 5.41) is 9.15. The van der Waals surface area contributed by atoms with Gasteiger partial charge in [0.2, 0.25) is 11.8 Å². The van der Waals surface area contributed by atoms with Gasteiger partial charge in [0.25, 0.3) is 0 Å². The van der Waals surface area contributed by atoms with E-state index in [1.165, 1.54) is 0 Å². The van der Waals surface area contributed by atoms with Crippen LogP contribution in [0.2, 0.25) is 0 Å². The maximum absolute atomic E-state index is 13.1. The molecule has 1 N–H and O–H groups in total. The van der Waals surface area contributed by atoms with Crippen molar-refractivity contribution in [3.63, 3.8) is 0 Å². The zero-order valence-electron chi connectivity index (χ0n) is 13.9. The number of nitrogens with zero attached hydrogens (tertiary/aromatic N) is 1. The Morgan fingerprint density at radius 2 is 1.19 bits per heavy atom. The molecule has 136 valence electrons. The number of aliphatic carboxylic acids is 1. The molecule has 4 aliphatic rings. The van der Waals surface area contributed by atoms with Gasteiger partial charge in [0.15, 0.2) is 0 Å². The molecule has 0 radical (unpaired) electrons. The molecule has 1 aliphatic heterocycles. The second kappa shape index (κ2) is 5.12. The number of carboxylic acid groups (broad SMARTS) is 1. The lowest BCUT2D eigenvalue weighted by Crippen LogP contribution is -2.57. The van der Waals surface area contributed by atoms with E-state index in [9.17, 15) is 14.4 Å². The highest BCUT2D eigenvalue weighted by Gasteiger charge is 2.73. The number of carbonyl (C=O) groups is 3. The molecule has 1 heterocycles. The number of benzene rings is 2. The number of alkyl halides is 2. The number of amides is 2. The fourth-order valence-corrected chi connectivity index (χ4v) is 6.11. The van der Waals surface area contributed by atoms with Crippen molar-refractivity contribution in [1.29, 1.82) is 0 Å². The molecule has 27 heavy (non-hydrogen) atoms. The first-order valence-electron chi connectivity index (χ1n) is 8.47. The van der Waals surface area contributed by atoms with Gasteiger partial charge >= 0.3 is 5.97 Å². The summed E-state index contributed by atoms with van der Waals surface area (Å²) in [6.45, 7) is -0.697. The number of likely N-dealkylation sites (tertiary alicyclic amines) is 1. The van der Waals surface area contributed by atoms with Crippen LogP contribution >= 0.6 is 23.2 Å². The van der Waals surface area contributed by atoms with Crippen LogP contribution in [-0.4, -0.2) is 34.3 Å². The minimum absolute atomic E-state index is 0.587. The summed E-state index contributed by atoms with van der Waals surface area (Å²) in [6, 6.07) is 14.6. The van der Waals surface area contributed by atoms with Gasteiger partial charge in [-0.2, -0.15) is 0 Å². The van der Waals surface area contributed by atoms with E-state index in [0.717, 1.165) is 4.90 Å². The van der Waals surface area contributed by atoms with Gasteiger partial charge in [-0.05, 0) is 22.3 Å². The Hall–Kier alpha value is -2.37. The molecule has 2 aromatic rings. The highest BCUT2D eigenvalue weighted by Crippen LogP contribution is 2.69. The van der Waals surface area contributed by atoms with E-state index >= 15 is 0 Å². The number of hydrogen-bond acceptors (Lipinski definition) is 3. The molecule has 1 saturated heterocycles. The van der Waals surface area contributed by atoms with Crippen LogP contribution in [0.3, 0.4) is 0 Å². The van der Waals surface area contributed by atoms with Gasteiger partial charge in [-0.15, -0.1) is 23.2 Å². The van der Waals surface area contributed by atoms with Crippen LogP contribution in [0.5, 0.6) is 0 Å². The number of imide groups is 1. The molecule has 2 aromatic carbocycles. The molecule has 6 rings (SSSR count). The van der Waals surface area contributed by atoms with Gasteiger partial charge in [-0.25, -0.2) is 0 Å². The first kappa shape index (κ1) is 16.8. The Morgan fingerprint density at radius 1 is 0.852 bits per heavy atom. The lowest BCUT2D eigenvalue weighted by Gasteiger charge is -2.54. The van der Waals surface area contributed by atoms with Crippen molar-refractivity contribution in [3.05, 3.63) is 70.8 Å². The predicted molar refractivity (Wildman–Crippen MR) is 97.5 cm³/mol. The lowest BCUT2D eigenvalue weighted by molar-refractivity contribution is -0.149. The molecule has 0 unspecified atom stereocenters. The number of rotatable bonds is 2. The number of carboxylic acids is 1. The van der Waals surface area contributed by atoms with Crippen LogP contribution in [0.15, 0.2) is 48.5 Å². The third-order valence-electron chi connectivity index (χ3n) is 5.97. The van der Waals surface area contributed by atoms with E-state index in [0.29, 0.717) is 22.3 Å². The summed E-state index contributed by atoms with van der Waals surface area (Å²) in [5.74, 6) is -4.33. The van der Waals surface area contributed by atoms with Gasteiger partial charge in [0.1, 0.15) is 16.3 Å². The van der Waals surface area contributed by atoms with Crippen LogP contribution < -0.4 is 0 Å². The summed E-state index contributed by atoms with van der Waals surface area (Å²) >= 11 is 14.4. The van der Waals surface area contributed by atoms with Crippen LogP contribution in [0.25, 0.3) is 0 Å². The maximum Gasteiger partial charge on any atom is 0.323 e. The molecule has 2 atom stereocenters. The smallest absolute Gasteiger partial charge is 0.323 e. The highest BCUT2D eigenvalue weighted by molar-refractivity contribution is 6.36. The first-order chi connectivity index (χ1) is 12.8. The minimum Gasteiger partial charge on any atom is -0.480 e. The van der Waals surface area contributed by atoms with Gasteiger partial charge in [0.05, 0.1) is 11.8 Å². The number of halogens is 2. The standard InChI is InChI=1S/C20H13Cl2NO4/c21-19-10-5-1-2-6-11(10)20(22,13-8-4-3-7-12(13)19)16-15(19)17(26)23(18(16)27)9-14(24)25/h1-8,15-16H,9H2,(H,24,25)/t15-,16-,19?,20?/m0/s1. The SMILES string of the molecule is O=C(O)CN1C(=O)[C@@H]2[C@@H](C1=O)C1(Cl)c3ccccc3C2(Cl)c2ccccc21. The lowest BCUT2D eigenvalue weighted by atomic mass is 9.54. The molecule has 0 spiro atoms. The fraction of sp³-hybridized carbons (Fsp3) is 0.250. The van der Waals surface area contributed by atoms with Gasteiger partial charge in [-0.1, -0.05) is 48.5 Å². The Balaban J connectivity index is 1.86. The van der Waals surface area contributed by atoms with E-state index in [1.54, 1.807) is 0 Å². The minimum atomic E-state index is -1.27. The van der Waals surface area contributed by atoms with Gasteiger partial charge in [0, 0.05) is 0 Å². The summed E-state index contributed by atoms with van der Waals surface area (Å²) < 4.78 is 0. The van der Waals surface area contributed by atoms with Crippen LogP contribution in [-0.2, 0) is 24.1 Å². The monoisotopic (exact) mass is 401 g/mol. The molecule has 0 aromatic heterocycles. The Morgan fingerprint density at radius 3 is 1.48 bits per heavy atom.